The van der Waals surface area contributed by atoms with Crippen LogP contribution in [-0.4, -0.2) is 24.0 Å². The molecule has 80 valence electrons. The van der Waals surface area contributed by atoms with Gasteiger partial charge < -0.3 is 0 Å². The first kappa shape index (κ1) is 11.5. The van der Waals surface area contributed by atoms with E-state index in [1.807, 2.05) is 0 Å². The monoisotopic (exact) mass is 193 g/mol. The van der Waals surface area contributed by atoms with Crippen LogP contribution in [0.3, 0.4) is 0 Å². The Morgan fingerprint density at radius 1 is 1.29 bits per heavy atom. The highest BCUT2D eigenvalue weighted by Crippen LogP contribution is 2.19. The standard InChI is InChI=1S/C13H23N/c1-5-14(11(2)3)10-13-8-6-12(4)7-9-13/h6,8,11H,5,7,9-10H2,1-4H3. The fourth-order valence-corrected chi connectivity index (χ4v) is 1.84. The summed E-state index contributed by atoms with van der Waals surface area (Å²) in [6, 6.07) is 0.660. The third kappa shape index (κ3) is 3.30. The maximum Gasteiger partial charge on any atom is 0.0198 e. The van der Waals surface area contributed by atoms with Gasteiger partial charge in [-0.3, -0.25) is 4.90 Å². The highest BCUT2D eigenvalue weighted by atomic mass is 15.1. The van der Waals surface area contributed by atoms with Crippen LogP contribution in [0, 0.1) is 0 Å². The van der Waals surface area contributed by atoms with E-state index in [9.17, 15) is 0 Å². The first-order chi connectivity index (χ1) is 6.63. The van der Waals surface area contributed by atoms with E-state index in [0.29, 0.717) is 6.04 Å². The maximum absolute atomic E-state index is 2.51. The molecule has 0 saturated carbocycles. The fraction of sp³-hybridized carbons (Fsp3) is 0.692. The van der Waals surface area contributed by atoms with Gasteiger partial charge in [0.15, 0.2) is 0 Å². The van der Waals surface area contributed by atoms with Gasteiger partial charge in [0.2, 0.25) is 0 Å². The van der Waals surface area contributed by atoms with E-state index >= 15 is 0 Å². The molecule has 0 aromatic heterocycles. The molecule has 0 radical (unpaired) electrons. The van der Waals surface area contributed by atoms with Crippen LogP contribution < -0.4 is 0 Å². The van der Waals surface area contributed by atoms with Gasteiger partial charge in [-0.1, -0.05) is 30.2 Å². The summed E-state index contributed by atoms with van der Waals surface area (Å²) in [7, 11) is 0. The molecule has 0 heterocycles. The summed E-state index contributed by atoms with van der Waals surface area (Å²) in [4.78, 5) is 2.51. The Morgan fingerprint density at radius 2 is 2.00 bits per heavy atom. The van der Waals surface area contributed by atoms with Crippen molar-refractivity contribution < 1.29 is 0 Å². The van der Waals surface area contributed by atoms with Crippen LogP contribution >= 0.6 is 0 Å². The molecule has 0 aromatic rings. The smallest absolute Gasteiger partial charge is 0.0198 e. The lowest BCUT2D eigenvalue weighted by Gasteiger charge is -2.27. The average Bonchev–Trinajstić information content (AvgIpc) is 2.16. The Morgan fingerprint density at radius 3 is 2.43 bits per heavy atom. The second-order valence-electron chi connectivity index (χ2n) is 4.49. The SMILES string of the molecule is CCN(CC1=CC=C(C)CC1)C(C)C. The molecule has 0 bridgehead atoms. The molecule has 1 aliphatic rings. The fourth-order valence-electron chi connectivity index (χ4n) is 1.84. The molecule has 1 heteroatoms. The van der Waals surface area contributed by atoms with Gasteiger partial charge in [-0.2, -0.15) is 0 Å². The zero-order valence-corrected chi connectivity index (χ0v) is 10.0. The minimum Gasteiger partial charge on any atom is -0.297 e. The minimum absolute atomic E-state index is 0.660. The largest absolute Gasteiger partial charge is 0.297 e. The Kier molecular flexibility index (Phi) is 4.40. The van der Waals surface area contributed by atoms with E-state index in [2.05, 4.69) is 44.7 Å². The number of likely N-dealkylation sites (N-methyl/N-ethyl adjacent to an activating group) is 1. The van der Waals surface area contributed by atoms with Crippen molar-refractivity contribution in [3.05, 3.63) is 23.3 Å². The van der Waals surface area contributed by atoms with E-state index < -0.39 is 0 Å². The first-order valence-corrected chi connectivity index (χ1v) is 5.72. The summed E-state index contributed by atoms with van der Waals surface area (Å²) in [5.41, 5.74) is 3.10. The Hall–Kier alpha value is -0.560. The summed E-state index contributed by atoms with van der Waals surface area (Å²) in [6.45, 7) is 11.3. The average molecular weight is 193 g/mol. The van der Waals surface area contributed by atoms with Crippen molar-refractivity contribution in [1.82, 2.24) is 4.90 Å². The Labute approximate surface area is 88.5 Å². The van der Waals surface area contributed by atoms with Gasteiger partial charge in [0.05, 0.1) is 0 Å². The van der Waals surface area contributed by atoms with Crippen LogP contribution in [0.2, 0.25) is 0 Å². The molecule has 1 nitrogen and oxygen atoms in total. The summed E-state index contributed by atoms with van der Waals surface area (Å²) < 4.78 is 0. The molecular weight excluding hydrogens is 170 g/mol. The molecule has 0 aliphatic heterocycles. The lowest BCUT2D eigenvalue weighted by molar-refractivity contribution is 0.251. The second kappa shape index (κ2) is 5.35. The first-order valence-electron chi connectivity index (χ1n) is 5.72. The van der Waals surface area contributed by atoms with Crippen molar-refractivity contribution in [2.24, 2.45) is 0 Å². The molecule has 0 saturated heterocycles. The van der Waals surface area contributed by atoms with Gasteiger partial charge in [0, 0.05) is 12.6 Å². The zero-order valence-electron chi connectivity index (χ0n) is 10.0. The molecule has 14 heavy (non-hydrogen) atoms. The minimum atomic E-state index is 0.660. The highest BCUT2D eigenvalue weighted by Gasteiger charge is 2.10. The molecule has 1 rings (SSSR count). The van der Waals surface area contributed by atoms with Gasteiger partial charge >= 0.3 is 0 Å². The molecule has 0 N–H and O–H groups in total. The van der Waals surface area contributed by atoms with Crippen molar-refractivity contribution in [2.45, 2.75) is 46.6 Å². The van der Waals surface area contributed by atoms with E-state index in [4.69, 9.17) is 0 Å². The number of hydrogen-bond acceptors (Lipinski definition) is 1. The van der Waals surface area contributed by atoms with Gasteiger partial charge in [0.1, 0.15) is 0 Å². The summed E-state index contributed by atoms with van der Waals surface area (Å²) in [5.74, 6) is 0. The molecule has 0 unspecified atom stereocenters. The van der Waals surface area contributed by atoms with Crippen molar-refractivity contribution in [2.75, 3.05) is 13.1 Å². The lowest BCUT2D eigenvalue weighted by Crippen LogP contribution is -2.32. The van der Waals surface area contributed by atoms with Crippen LogP contribution in [0.25, 0.3) is 0 Å². The van der Waals surface area contributed by atoms with Crippen molar-refractivity contribution in [3.63, 3.8) is 0 Å². The lowest BCUT2D eigenvalue weighted by atomic mass is 9.99. The third-order valence-corrected chi connectivity index (χ3v) is 2.99. The van der Waals surface area contributed by atoms with E-state index in [0.717, 1.165) is 13.1 Å². The van der Waals surface area contributed by atoms with Gasteiger partial charge in [-0.25, -0.2) is 0 Å². The number of rotatable bonds is 4. The Balaban J connectivity index is 2.51. The van der Waals surface area contributed by atoms with Crippen LogP contribution in [0.4, 0.5) is 0 Å². The Bertz CT molecular complexity index is 236. The number of nitrogens with zero attached hydrogens (tertiary/aromatic N) is 1. The molecular formula is C13H23N. The van der Waals surface area contributed by atoms with Gasteiger partial charge in [0.25, 0.3) is 0 Å². The van der Waals surface area contributed by atoms with E-state index in [1.54, 1.807) is 5.57 Å². The molecule has 1 aliphatic carbocycles. The molecule has 0 fully saturated rings. The van der Waals surface area contributed by atoms with Crippen LogP contribution in [-0.2, 0) is 0 Å². The second-order valence-corrected chi connectivity index (χ2v) is 4.49. The normalized spacial score (nSPS) is 17.3. The zero-order chi connectivity index (χ0) is 10.6. The third-order valence-electron chi connectivity index (χ3n) is 2.99. The van der Waals surface area contributed by atoms with Crippen molar-refractivity contribution >= 4 is 0 Å². The number of allylic oxidation sites excluding steroid dienone is 3. The van der Waals surface area contributed by atoms with Crippen molar-refractivity contribution in [1.29, 1.82) is 0 Å². The molecule has 0 amide bonds. The quantitative estimate of drug-likeness (QED) is 0.661. The van der Waals surface area contributed by atoms with Crippen LogP contribution in [0.1, 0.15) is 40.5 Å². The molecule has 0 atom stereocenters. The number of hydrogen-bond donors (Lipinski definition) is 0. The topological polar surface area (TPSA) is 3.24 Å². The predicted molar refractivity (Wildman–Crippen MR) is 63.5 cm³/mol. The van der Waals surface area contributed by atoms with Gasteiger partial charge in [-0.15, -0.1) is 0 Å². The summed E-state index contributed by atoms with van der Waals surface area (Å²) in [5, 5.41) is 0. The summed E-state index contributed by atoms with van der Waals surface area (Å²) >= 11 is 0. The van der Waals surface area contributed by atoms with Crippen LogP contribution in [0.15, 0.2) is 23.3 Å². The van der Waals surface area contributed by atoms with E-state index in [1.165, 1.54) is 18.4 Å². The van der Waals surface area contributed by atoms with Crippen molar-refractivity contribution in [3.8, 4) is 0 Å². The molecule has 0 aromatic carbocycles. The van der Waals surface area contributed by atoms with Gasteiger partial charge in [-0.05, 0) is 40.2 Å². The summed E-state index contributed by atoms with van der Waals surface area (Å²) in [6.07, 6.45) is 7.09. The van der Waals surface area contributed by atoms with E-state index in [-0.39, 0.29) is 0 Å². The maximum atomic E-state index is 2.51. The predicted octanol–water partition coefficient (Wildman–Crippen LogP) is 3.38. The molecule has 0 spiro atoms. The van der Waals surface area contributed by atoms with Crippen LogP contribution in [0.5, 0.6) is 0 Å². The highest BCUT2D eigenvalue weighted by molar-refractivity contribution is 5.23.